The Bertz CT molecular complexity index is 505. The molecule has 0 atom stereocenters. The van der Waals surface area contributed by atoms with Gasteiger partial charge >= 0.3 is 0 Å². The van der Waals surface area contributed by atoms with Crippen molar-refractivity contribution in [3.63, 3.8) is 0 Å². The van der Waals surface area contributed by atoms with Crippen molar-refractivity contribution in [2.45, 2.75) is 13.5 Å². The van der Waals surface area contributed by atoms with E-state index in [0.29, 0.717) is 10.8 Å². The first-order valence-electron chi connectivity index (χ1n) is 4.63. The van der Waals surface area contributed by atoms with Crippen LogP contribution in [-0.2, 0) is 6.61 Å². The number of hydrogen-bond acceptors (Lipinski definition) is 2. The highest BCUT2D eigenvalue weighted by Crippen LogP contribution is 2.32. The van der Waals surface area contributed by atoms with Gasteiger partial charge in [-0.2, -0.15) is 0 Å². The fraction of sp³-hybridized carbons (Fsp3) is 0.273. The fourth-order valence-corrected chi connectivity index (χ4v) is 1.94. The fourth-order valence-electron chi connectivity index (χ4n) is 1.70. The van der Waals surface area contributed by atoms with E-state index in [2.05, 4.69) is 4.98 Å². The average Bonchev–Trinajstić information content (AvgIpc) is 2.54. The predicted octanol–water partition coefficient (Wildman–Crippen LogP) is 2.63. The van der Waals surface area contributed by atoms with E-state index < -0.39 is 0 Å². The largest absolute Gasteiger partial charge is 0.495 e. The summed E-state index contributed by atoms with van der Waals surface area (Å²) in [4.78, 5) is 3.12. The van der Waals surface area contributed by atoms with Crippen molar-refractivity contribution in [3.8, 4) is 5.75 Å². The summed E-state index contributed by atoms with van der Waals surface area (Å²) in [5.41, 5.74) is 2.76. The van der Waals surface area contributed by atoms with E-state index in [1.807, 2.05) is 19.1 Å². The number of rotatable bonds is 2. The smallest absolute Gasteiger partial charge is 0.138 e. The van der Waals surface area contributed by atoms with Crippen molar-refractivity contribution in [2.24, 2.45) is 0 Å². The number of methoxy groups -OCH3 is 1. The van der Waals surface area contributed by atoms with Crippen LogP contribution in [0.3, 0.4) is 0 Å². The molecule has 4 heteroatoms. The maximum Gasteiger partial charge on any atom is 0.138 e. The third-order valence-corrected chi connectivity index (χ3v) is 2.89. The minimum atomic E-state index is 0.000444. The second-order valence-electron chi connectivity index (χ2n) is 3.42. The number of ether oxygens (including phenoxy) is 1. The van der Waals surface area contributed by atoms with E-state index in [9.17, 15) is 0 Å². The molecular weight excluding hydrogens is 214 g/mol. The summed E-state index contributed by atoms with van der Waals surface area (Å²) in [5.74, 6) is 0.649. The van der Waals surface area contributed by atoms with Gasteiger partial charge in [-0.05, 0) is 24.6 Å². The van der Waals surface area contributed by atoms with Crippen molar-refractivity contribution in [2.75, 3.05) is 7.11 Å². The van der Waals surface area contributed by atoms with Crippen LogP contribution < -0.4 is 4.74 Å². The minimum absolute atomic E-state index is 0.000444. The van der Waals surface area contributed by atoms with Crippen molar-refractivity contribution in [1.82, 2.24) is 4.98 Å². The third-order valence-electron chi connectivity index (χ3n) is 2.59. The van der Waals surface area contributed by atoms with E-state index in [1.165, 1.54) is 0 Å². The van der Waals surface area contributed by atoms with Gasteiger partial charge in [-0.25, -0.2) is 0 Å². The third kappa shape index (κ3) is 1.58. The molecule has 0 unspecified atom stereocenters. The number of aromatic nitrogens is 1. The summed E-state index contributed by atoms with van der Waals surface area (Å²) in [7, 11) is 1.59. The average molecular weight is 226 g/mol. The summed E-state index contributed by atoms with van der Waals surface area (Å²) in [6.45, 7) is 1.96. The highest BCUT2D eigenvalue weighted by atomic mass is 35.5. The van der Waals surface area contributed by atoms with Crippen molar-refractivity contribution in [3.05, 3.63) is 28.4 Å². The molecule has 15 heavy (non-hydrogen) atoms. The standard InChI is InChI=1S/C11H12ClNO2/c1-6-7-3-11(15-2)8(12)4-9(7)13-10(6)5-14/h3-4,13-14H,5H2,1-2H3. The molecule has 0 saturated carbocycles. The molecule has 3 nitrogen and oxygen atoms in total. The number of fused-ring (bicyclic) bond motifs is 1. The molecule has 0 radical (unpaired) electrons. The lowest BCUT2D eigenvalue weighted by Crippen LogP contribution is -1.84. The van der Waals surface area contributed by atoms with Gasteiger partial charge in [0.2, 0.25) is 0 Å². The summed E-state index contributed by atoms with van der Waals surface area (Å²) >= 11 is 6.00. The molecule has 0 aliphatic carbocycles. The molecule has 80 valence electrons. The van der Waals surface area contributed by atoms with Crippen molar-refractivity contribution in [1.29, 1.82) is 0 Å². The summed E-state index contributed by atoms with van der Waals surface area (Å²) in [5, 5.41) is 10.7. The number of nitrogens with one attached hydrogen (secondary N) is 1. The van der Waals surface area contributed by atoms with E-state index in [-0.39, 0.29) is 6.61 Å². The van der Waals surface area contributed by atoms with Gasteiger partial charge in [0.25, 0.3) is 0 Å². The quantitative estimate of drug-likeness (QED) is 0.825. The van der Waals surface area contributed by atoms with Gasteiger partial charge in [0.05, 0.1) is 18.7 Å². The Labute approximate surface area is 92.6 Å². The molecule has 1 aromatic heterocycles. The second kappa shape index (κ2) is 3.76. The van der Waals surface area contributed by atoms with Gasteiger partial charge in [-0.1, -0.05) is 11.6 Å². The number of hydrogen-bond donors (Lipinski definition) is 2. The first kappa shape index (κ1) is 10.3. The highest BCUT2D eigenvalue weighted by molar-refractivity contribution is 6.32. The normalized spacial score (nSPS) is 10.9. The van der Waals surface area contributed by atoms with Crippen LogP contribution >= 0.6 is 11.6 Å². The number of halogens is 1. The number of aliphatic hydroxyl groups excluding tert-OH is 1. The monoisotopic (exact) mass is 225 g/mol. The Balaban J connectivity index is 2.74. The number of aliphatic hydroxyl groups is 1. The zero-order valence-electron chi connectivity index (χ0n) is 8.60. The van der Waals surface area contributed by atoms with Crippen LogP contribution in [0, 0.1) is 6.92 Å². The van der Waals surface area contributed by atoms with Crippen molar-refractivity contribution >= 4 is 22.5 Å². The SMILES string of the molecule is COc1cc2c(C)c(CO)[nH]c2cc1Cl. The Hall–Kier alpha value is -1.19. The molecule has 0 aliphatic heterocycles. The summed E-state index contributed by atoms with van der Waals surface area (Å²) in [6, 6.07) is 3.69. The molecular formula is C11H12ClNO2. The van der Waals surface area contributed by atoms with E-state index >= 15 is 0 Å². The van der Waals surface area contributed by atoms with Crippen LogP contribution in [0.1, 0.15) is 11.3 Å². The second-order valence-corrected chi connectivity index (χ2v) is 3.83. The maximum atomic E-state index is 9.12. The van der Waals surface area contributed by atoms with Gasteiger partial charge in [0.1, 0.15) is 5.75 Å². The lowest BCUT2D eigenvalue weighted by atomic mass is 10.1. The molecule has 0 spiro atoms. The molecule has 1 heterocycles. The van der Waals surface area contributed by atoms with Crippen LogP contribution in [0.15, 0.2) is 12.1 Å². The topological polar surface area (TPSA) is 45.2 Å². The van der Waals surface area contributed by atoms with Crippen LogP contribution in [0.2, 0.25) is 5.02 Å². The molecule has 0 bridgehead atoms. The Morgan fingerprint density at radius 3 is 2.80 bits per heavy atom. The molecule has 0 amide bonds. The Kier molecular flexibility index (Phi) is 2.59. The first-order valence-corrected chi connectivity index (χ1v) is 5.00. The summed E-state index contributed by atoms with van der Waals surface area (Å²) in [6.07, 6.45) is 0. The van der Waals surface area contributed by atoms with Crippen LogP contribution in [0.5, 0.6) is 5.75 Å². The van der Waals surface area contributed by atoms with E-state index in [1.54, 1.807) is 7.11 Å². The molecule has 2 aromatic rings. The van der Waals surface area contributed by atoms with Crippen LogP contribution in [-0.4, -0.2) is 17.2 Å². The number of aryl methyl sites for hydroxylation is 1. The van der Waals surface area contributed by atoms with Gasteiger partial charge in [-0.3, -0.25) is 0 Å². The molecule has 2 rings (SSSR count). The van der Waals surface area contributed by atoms with Gasteiger partial charge in [-0.15, -0.1) is 0 Å². The molecule has 1 aromatic carbocycles. The number of H-pyrrole nitrogens is 1. The Morgan fingerprint density at radius 1 is 1.47 bits per heavy atom. The van der Waals surface area contributed by atoms with Gasteiger partial charge < -0.3 is 14.8 Å². The van der Waals surface area contributed by atoms with Gasteiger partial charge in [0, 0.05) is 16.6 Å². The highest BCUT2D eigenvalue weighted by Gasteiger charge is 2.10. The minimum Gasteiger partial charge on any atom is -0.495 e. The van der Waals surface area contributed by atoms with Gasteiger partial charge in [0.15, 0.2) is 0 Å². The number of aromatic amines is 1. The summed E-state index contributed by atoms with van der Waals surface area (Å²) < 4.78 is 5.14. The molecule has 0 saturated heterocycles. The Morgan fingerprint density at radius 2 is 2.20 bits per heavy atom. The van der Waals surface area contributed by atoms with Crippen molar-refractivity contribution < 1.29 is 9.84 Å². The zero-order valence-corrected chi connectivity index (χ0v) is 9.35. The van der Waals surface area contributed by atoms with Crippen LogP contribution in [0.25, 0.3) is 10.9 Å². The molecule has 0 fully saturated rings. The van der Waals surface area contributed by atoms with E-state index in [4.69, 9.17) is 21.4 Å². The van der Waals surface area contributed by atoms with E-state index in [0.717, 1.165) is 22.2 Å². The van der Waals surface area contributed by atoms with Crippen LogP contribution in [0.4, 0.5) is 0 Å². The molecule has 2 N–H and O–H groups in total. The first-order chi connectivity index (χ1) is 7.17. The lowest BCUT2D eigenvalue weighted by Gasteiger charge is -2.02. The lowest BCUT2D eigenvalue weighted by molar-refractivity contribution is 0.277. The maximum absolute atomic E-state index is 9.12. The number of benzene rings is 1. The predicted molar refractivity (Wildman–Crippen MR) is 60.5 cm³/mol. The molecule has 0 aliphatic rings. The zero-order chi connectivity index (χ0) is 11.0.